The van der Waals surface area contributed by atoms with Crippen LogP contribution in [0.3, 0.4) is 0 Å². The zero-order chi connectivity index (χ0) is 21.7. The largest absolute Gasteiger partial charge is 1.00 e. The van der Waals surface area contributed by atoms with Gasteiger partial charge in [0.05, 0.1) is 38.5 Å². The van der Waals surface area contributed by atoms with E-state index in [0.717, 1.165) is 0 Å². The van der Waals surface area contributed by atoms with Crippen molar-refractivity contribution in [2.24, 2.45) is 0 Å². The Bertz CT molecular complexity index is 1340. The predicted molar refractivity (Wildman–Crippen MR) is 102 cm³/mol. The number of carbonyl (C=O) groups excluding carboxylic acids is 2. The Morgan fingerprint density at radius 2 is 1.77 bits per heavy atom. The average molecular weight is 468 g/mol. The van der Waals surface area contributed by atoms with Crippen molar-refractivity contribution < 1.29 is 61.1 Å². The van der Waals surface area contributed by atoms with Gasteiger partial charge in [-0.05, 0) is 30.3 Å². The molecule has 154 valence electrons. The van der Waals surface area contributed by atoms with Crippen molar-refractivity contribution >= 4 is 37.6 Å². The minimum Gasteiger partial charge on any atom is -0.543 e. The van der Waals surface area contributed by atoms with Gasteiger partial charge in [0.2, 0.25) is 9.84 Å². The monoisotopic (exact) mass is 468 g/mol. The Balaban J connectivity index is 0.00000272. The third-order valence-corrected chi connectivity index (χ3v) is 8.60. The van der Waals surface area contributed by atoms with Gasteiger partial charge in [-0.2, -0.15) is 0 Å². The first-order valence-corrected chi connectivity index (χ1v) is 11.8. The Morgan fingerprint density at radius 1 is 1.13 bits per heavy atom. The number of hydrogen-bond donors (Lipinski definition) is 0. The molecule has 1 atom stereocenters. The Kier molecular flexibility index (Phi) is 6.27. The first-order valence-electron chi connectivity index (χ1n) is 8.57. The van der Waals surface area contributed by atoms with Crippen LogP contribution in [-0.2, 0) is 29.3 Å². The van der Waals surface area contributed by atoms with Crippen molar-refractivity contribution in [3.05, 3.63) is 76.6 Å². The van der Waals surface area contributed by atoms with Crippen LogP contribution in [0.2, 0.25) is 0 Å². The number of aliphatic carboxylic acids is 1. The second kappa shape index (κ2) is 8.32. The molecule has 0 saturated carbocycles. The van der Waals surface area contributed by atoms with E-state index in [2.05, 4.69) is 4.98 Å². The van der Waals surface area contributed by atoms with E-state index in [0.29, 0.717) is 10.6 Å². The van der Waals surface area contributed by atoms with E-state index >= 15 is 0 Å². The maximum absolute atomic E-state index is 13.0. The molecule has 12 heteroatoms. The standard InChI is InChI=1S/C19H14N2O7S2.Na/c22-17-14(10-12-6-4-5-9-20-12)18-21(17)16(19(23)24)15(11-29(18,25)26)30(27,28)13-7-2-1-3-8-13;/h1-10,18H,11H2,(H,23,24);/q;+1/p-1/b14-10+;/t18-;/m1./s1. The molecule has 1 aromatic carbocycles. The van der Waals surface area contributed by atoms with Crippen molar-refractivity contribution in [1.29, 1.82) is 0 Å². The summed E-state index contributed by atoms with van der Waals surface area (Å²) in [7, 11) is -8.75. The van der Waals surface area contributed by atoms with Gasteiger partial charge in [-0.3, -0.25) is 14.7 Å². The fourth-order valence-corrected chi connectivity index (χ4v) is 7.46. The molecule has 4 rings (SSSR count). The van der Waals surface area contributed by atoms with Crippen LogP contribution < -0.4 is 34.7 Å². The number of aromatic nitrogens is 1. The molecule has 1 saturated heterocycles. The van der Waals surface area contributed by atoms with E-state index in [1.807, 2.05) is 0 Å². The molecule has 2 aliphatic rings. The van der Waals surface area contributed by atoms with Crippen LogP contribution in [0.15, 0.2) is 75.8 Å². The van der Waals surface area contributed by atoms with Gasteiger partial charge in [0, 0.05) is 6.20 Å². The number of hydrogen-bond acceptors (Lipinski definition) is 8. The third kappa shape index (κ3) is 3.87. The van der Waals surface area contributed by atoms with Gasteiger partial charge in [0.1, 0.15) is 0 Å². The second-order valence-electron chi connectivity index (χ2n) is 6.56. The van der Waals surface area contributed by atoms with E-state index < -0.39 is 53.3 Å². The van der Waals surface area contributed by atoms with Crippen LogP contribution in [0, 0.1) is 0 Å². The molecule has 1 aromatic heterocycles. The van der Waals surface area contributed by atoms with Crippen molar-refractivity contribution in [1.82, 2.24) is 9.88 Å². The molecule has 3 heterocycles. The van der Waals surface area contributed by atoms with Gasteiger partial charge >= 0.3 is 29.6 Å². The van der Waals surface area contributed by atoms with Gasteiger partial charge in [0.15, 0.2) is 15.2 Å². The molecule has 2 aliphatic heterocycles. The second-order valence-corrected chi connectivity index (χ2v) is 10.6. The molecular weight excluding hydrogens is 455 g/mol. The number of benzene rings is 1. The maximum atomic E-state index is 13.0. The first kappa shape index (κ1) is 23.4. The molecule has 0 radical (unpaired) electrons. The number of amides is 1. The normalized spacial score (nSPS) is 21.2. The number of pyridine rings is 1. The van der Waals surface area contributed by atoms with Crippen LogP contribution in [0.5, 0.6) is 0 Å². The summed E-state index contributed by atoms with van der Waals surface area (Å²) in [6.45, 7) is 0. The summed E-state index contributed by atoms with van der Waals surface area (Å²) in [5.41, 5.74) is -0.845. The zero-order valence-corrected chi connectivity index (χ0v) is 19.8. The Labute approximate surface area is 200 Å². The Hall–Kier alpha value is -2.31. The van der Waals surface area contributed by atoms with Crippen molar-refractivity contribution in [3.8, 4) is 0 Å². The number of β-lactam (4-membered cyclic amide) rings is 1. The topological polar surface area (TPSA) is 142 Å². The van der Waals surface area contributed by atoms with E-state index in [9.17, 15) is 31.5 Å². The average Bonchev–Trinajstić information content (AvgIpc) is 2.72. The van der Waals surface area contributed by atoms with Crippen molar-refractivity contribution in [2.75, 3.05) is 5.75 Å². The number of carboxylic acid groups (broad SMARTS) is 1. The van der Waals surface area contributed by atoms with Gasteiger partial charge in [-0.1, -0.05) is 24.3 Å². The number of carboxylic acids is 1. The van der Waals surface area contributed by atoms with Gasteiger partial charge < -0.3 is 9.90 Å². The van der Waals surface area contributed by atoms with Gasteiger partial charge in [-0.15, -0.1) is 0 Å². The summed E-state index contributed by atoms with van der Waals surface area (Å²) < 4.78 is 51.7. The molecule has 0 spiro atoms. The smallest absolute Gasteiger partial charge is 0.543 e. The molecule has 1 amide bonds. The maximum Gasteiger partial charge on any atom is 1.00 e. The number of rotatable bonds is 4. The quantitative estimate of drug-likeness (QED) is 0.256. The summed E-state index contributed by atoms with van der Waals surface area (Å²) in [6, 6.07) is 11.6. The van der Waals surface area contributed by atoms with E-state index in [4.69, 9.17) is 0 Å². The molecule has 0 N–H and O–H groups in total. The van der Waals surface area contributed by atoms with Crippen LogP contribution in [0.4, 0.5) is 0 Å². The molecule has 0 aliphatic carbocycles. The summed E-state index contributed by atoms with van der Waals surface area (Å²) in [6.07, 6.45) is 2.68. The minimum atomic E-state index is -4.50. The van der Waals surface area contributed by atoms with Gasteiger partial charge in [-0.25, -0.2) is 16.8 Å². The summed E-state index contributed by atoms with van der Waals surface area (Å²) in [4.78, 5) is 27.7. The predicted octanol–water partition coefficient (Wildman–Crippen LogP) is -3.50. The zero-order valence-electron chi connectivity index (χ0n) is 16.1. The summed E-state index contributed by atoms with van der Waals surface area (Å²) >= 11 is 0. The van der Waals surface area contributed by atoms with E-state index in [1.165, 1.54) is 36.5 Å². The summed E-state index contributed by atoms with van der Waals surface area (Å²) in [5, 5.41) is 10.2. The molecule has 1 fully saturated rings. The summed E-state index contributed by atoms with van der Waals surface area (Å²) in [5.74, 6) is -3.95. The number of carbonyl (C=O) groups is 2. The minimum absolute atomic E-state index is 0. The van der Waals surface area contributed by atoms with Crippen molar-refractivity contribution in [2.45, 2.75) is 10.3 Å². The Morgan fingerprint density at radius 3 is 2.35 bits per heavy atom. The first-order chi connectivity index (χ1) is 14.1. The third-order valence-electron chi connectivity index (χ3n) is 4.71. The molecule has 0 unspecified atom stereocenters. The van der Waals surface area contributed by atoms with Crippen LogP contribution in [0.1, 0.15) is 5.69 Å². The number of nitrogens with zero attached hydrogens (tertiary/aromatic N) is 2. The van der Waals surface area contributed by atoms with Crippen LogP contribution >= 0.6 is 0 Å². The number of fused-ring (bicyclic) bond motifs is 1. The molecule has 0 bridgehead atoms. The molecular formula is C19H13N2NaO7S2. The van der Waals surface area contributed by atoms with E-state index in [-0.39, 0.29) is 40.0 Å². The van der Waals surface area contributed by atoms with Crippen LogP contribution in [0.25, 0.3) is 6.08 Å². The van der Waals surface area contributed by atoms with Crippen LogP contribution in [-0.4, -0.2) is 49.7 Å². The fourth-order valence-electron chi connectivity index (χ4n) is 3.37. The molecule has 2 aromatic rings. The SMILES string of the molecule is O=C([O-])C1=C(S(=O)(=O)c2ccccc2)CS(=O)(=O)[C@@H]2/C(=C/c3ccccn3)C(=O)N12.[Na+]. The molecule has 9 nitrogen and oxygen atoms in total. The van der Waals surface area contributed by atoms with Crippen molar-refractivity contribution in [3.63, 3.8) is 0 Å². The van der Waals surface area contributed by atoms with E-state index in [1.54, 1.807) is 24.3 Å². The number of sulfone groups is 2. The fraction of sp³-hybridized carbons (Fsp3) is 0.105. The molecule has 31 heavy (non-hydrogen) atoms. The van der Waals surface area contributed by atoms with Gasteiger partial charge in [0.25, 0.3) is 5.91 Å².